The van der Waals surface area contributed by atoms with Crippen LogP contribution < -0.4 is 10.6 Å². The first kappa shape index (κ1) is 15.4. The fraction of sp³-hybridized carbons (Fsp3) is 0.917. The standard InChI is InChI=1S/C12H26N2O2/c1-9(2)11(4)14-12(15)8-13-10(3)6-7-16-5/h9-11,13H,6-8H2,1-5H3,(H,14,15). The lowest BCUT2D eigenvalue weighted by atomic mass is 10.1. The van der Waals surface area contributed by atoms with E-state index in [9.17, 15) is 4.79 Å². The molecule has 0 rings (SSSR count). The van der Waals surface area contributed by atoms with Gasteiger partial charge in [-0.15, -0.1) is 0 Å². The van der Waals surface area contributed by atoms with E-state index in [-0.39, 0.29) is 11.9 Å². The van der Waals surface area contributed by atoms with Crippen molar-refractivity contribution in [2.75, 3.05) is 20.3 Å². The van der Waals surface area contributed by atoms with Crippen molar-refractivity contribution in [3.05, 3.63) is 0 Å². The van der Waals surface area contributed by atoms with Crippen LogP contribution in [-0.4, -0.2) is 38.3 Å². The SMILES string of the molecule is COCCC(C)NCC(=O)NC(C)C(C)C. The number of ether oxygens (including phenoxy) is 1. The normalized spacial score (nSPS) is 14.9. The molecule has 0 saturated carbocycles. The Hall–Kier alpha value is -0.610. The summed E-state index contributed by atoms with van der Waals surface area (Å²) in [6, 6.07) is 0.531. The molecule has 96 valence electrons. The van der Waals surface area contributed by atoms with Crippen LogP contribution in [0.3, 0.4) is 0 Å². The Morgan fingerprint density at radius 2 is 1.88 bits per heavy atom. The van der Waals surface area contributed by atoms with E-state index >= 15 is 0 Å². The van der Waals surface area contributed by atoms with E-state index in [0.717, 1.165) is 13.0 Å². The molecule has 0 heterocycles. The third kappa shape index (κ3) is 7.65. The largest absolute Gasteiger partial charge is 0.385 e. The summed E-state index contributed by atoms with van der Waals surface area (Å²) in [6.45, 7) is 9.37. The molecule has 0 radical (unpaired) electrons. The van der Waals surface area contributed by atoms with Crippen molar-refractivity contribution in [2.24, 2.45) is 5.92 Å². The van der Waals surface area contributed by atoms with Gasteiger partial charge in [-0.1, -0.05) is 13.8 Å². The number of hydrogen-bond acceptors (Lipinski definition) is 3. The van der Waals surface area contributed by atoms with Gasteiger partial charge >= 0.3 is 0 Å². The summed E-state index contributed by atoms with van der Waals surface area (Å²) < 4.78 is 4.97. The summed E-state index contributed by atoms with van der Waals surface area (Å²) in [5, 5.41) is 6.13. The Balaban J connectivity index is 3.64. The summed E-state index contributed by atoms with van der Waals surface area (Å²) in [7, 11) is 1.68. The molecule has 4 nitrogen and oxygen atoms in total. The molecular weight excluding hydrogens is 204 g/mol. The molecule has 2 atom stereocenters. The molecule has 4 heteroatoms. The summed E-state index contributed by atoms with van der Waals surface area (Å²) >= 11 is 0. The zero-order chi connectivity index (χ0) is 12.6. The third-order valence-corrected chi connectivity index (χ3v) is 2.75. The van der Waals surface area contributed by atoms with Gasteiger partial charge in [-0.05, 0) is 26.2 Å². The fourth-order valence-electron chi connectivity index (χ4n) is 1.14. The first-order chi connectivity index (χ1) is 7.47. The third-order valence-electron chi connectivity index (χ3n) is 2.75. The molecule has 0 aromatic rings. The van der Waals surface area contributed by atoms with Crippen LogP contribution >= 0.6 is 0 Å². The summed E-state index contributed by atoms with van der Waals surface area (Å²) in [4.78, 5) is 11.5. The highest BCUT2D eigenvalue weighted by Crippen LogP contribution is 1.99. The van der Waals surface area contributed by atoms with Gasteiger partial charge < -0.3 is 15.4 Å². The lowest BCUT2D eigenvalue weighted by Crippen LogP contribution is -2.43. The quantitative estimate of drug-likeness (QED) is 0.658. The maximum absolute atomic E-state index is 11.5. The van der Waals surface area contributed by atoms with Crippen LogP contribution in [-0.2, 0) is 9.53 Å². The van der Waals surface area contributed by atoms with Crippen molar-refractivity contribution >= 4 is 5.91 Å². The molecule has 1 amide bonds. The van der Waals surface area contributed by atoms with Crippen LogP contribution in [0.4, 0.5) is 0 Å². The maximum atomic E-state index is 11.5. The minimum absolute atomic E-state index is 0.0606. The van der Waals surface area contributed by atoms with Crippen molar-refractivity contribution in [3.8, 4) is 0 Å². The molecule has 0 aliphatic carbocycles. The van der Waals surface area contributed by atoms with Crippen LogP contribution in [0.15, 0.2) is 0 Å². The molecule has 0 aliphatic heterocycles. The molecule has 0 bridgehead atoms. The van der Waals surface area contributed by atoms with Crippen LogP contribution in [0.25, 0.3) is 0 Å². The molecule has 0 aromatic heterocycles. The topological polar surface area (TPSA) is 50.4 Å². The maximum Gasteiger partial charge on any atom is 0.234 e. The van der Waals surface area contributed by atoms with Crippen LogP contribution in [0, 0.1) is 5.92 Å². The van der Waals surface area contributed by atoms with Gasteiger partial charge in [-0.25, -0.2) is 0 Å². The van der Waals surface area contributed by atoms with E-state index in [1.54, 1.807) is 7.11 Å². The lowest BCUT2D eigenvalue weighted by Gasteiger charge is -2.19. The zero-order valence-electron chi connectivity index (χ0n) is 11.2. The van der Waals surface area contributed by atoms with E-state index in [2.05, 4.69) is 31.4 Å². The highest BCUT2D eigenvalue weighted by molar-refractivity contribution is 5.78. The Morgan fingerprint density at radius 1 is 1.25 bits per heavy atom. The minimum atomic E-state index is 0.0606. The van der Waals surface area contributed by atoms with E-state index in [4.69, 9.17) is 4.74 Å². The average molecular weight is 230 g/mol. The van der Waals surface area contributed by atoms with Gasteiger partial charge in [0.1, 0.15) is 0 Å². The van der Waals surface area contributed by atoms with Crippen LogP contribution in [0.2, 0.25) is 0 Å². The second kappa shape index (κ2) is 8.53. The first-order valence-electron chi connectivity index (χ1n) is 5.99. The number of amides is 1. The van der Waals surface area contributed by atoms with E-state index in [0.29, 0.717) is 18.5 Å². The number of methoxy groups -OCH3 is 1. The number of carbonyl (C=O) groups is 1. The summed E-state index contributed by atoms with van der Waals surface area (Å²) in [5.41, 5.74) is 0. The highest BCUT2D eigenvalue weighted by atomic mass is 16.5. The Bertz CT molecular complexity index is 195. The molecular formula is C12H26N2O2. The van der Waals surface area contributed by atoms with Crippen molar-refractivity contribution in [2.45, 2.75) is 46.2 Å². The fourth-order valence-corrected chi connectivity index (χ4v) is 1.14. The Kier molecular flexibility index (Phi) is 8.21. The van der Waals surface area contributed by atoms with E-state index in [1.807, 2.05) is 6.92 Å². The number of carbonyl (C=O) groups excluding carboxylic acids is 1. The van der Waals surface area contributed by atoms with Crippen LogP contribution in [0.5, 0.6) is 0 Å². The predicted octanol–water partition coefficient (Wildman–Crippen LogP) is 1.16. The lowest BCUT2D eigenvalue weighted by molar-refractivity contribution is -0.121. The van der Waals surface area contributed by atoms with Gasteiger partial charge in [-0.3, -0.25) is 4.79 Å². The predicted molar refractivity (Wildman–Crippen MR) is 66.4 cm³/mol. The van der Waals surface area contributed by atoms with Crippen LogP contribution in [0.1, 0.15) is 34.1 Å². The molecule has 0 spiro atoms. The van der Waals surface area contributed by atoms with Crippen molar-refractivity contribution in [3.63, 3.8) is 0 Å². The number of hydrogen-bond donors (Lipinski definition) is 2. The zero-order valence-corrected chi connectivity index (χ0v) is 11.2. The molecule has 0 fully saturated rings. The average Bonchev–Trinajstić information content (AvgIpc) is 2.23. The highest BCUT2D eigenvalue weighted by Gasteiger charge is 2.11. The molecule has 2 N–H and O–H groups in total. The molecule has 0 aliphatic rings. The monoisotopic (exact) mass is 230 g/mol. The van der Waals surface area contributed by atoms with Crippen molar-refractivity contribution in [1.82, 2.24) is 10.6 Å². The minimum Gasteiger partial charge on any atom is -0.385 e. The molecule has 0 aromatic carbocycles. The van der Waals surface area contributed by atoms with Gasteiger partial charge in [-0.2, -0.15) is 0 Å². The van der Waals surface area contributed by atoms with E-state index < -0.39 is 0 Å². The van der Waals surface area contributed by atoms with Crippen molar-refractivity contribution < 1.29 is 9.53 Å². The van der Waals surface area contributed by atoms with Gasteiger partial charge in [0, 0.05) is 25.8 Å². The molecule has 0 saturated heterocycles. The van der Waals surface area contributed by atoms with Crippen molar-refractivity contribution in [1.29, 1.82) is 0 Å². The Morgan fingerprint density at radius 3 is 2.38 bits per heavy atom. The smallest absolute Gasteiger partial charge is 0.234 e. The van der Waals surface area contributed by atoms with Gasteiger partial charge in [0.25, 0.3) is 0 Å². The Labute approximate surface area is 99.1 Å². The molecule has 2 unspecified atom stereocenters. The number of rotatable bonds is 8. The second-order valence-corrected chi connectivity index (χ2v) is 4.66. The van der Waals surface area contributed by atoms with Gasteiger partial charge in [0.2, 0.25) is 5.91 Å². The second-order valence-electron chi connectivity index (χ2n) is 4.66. The number of nitrogens with one attached hydrogen (secondary N) is 2. The summed E-state index contributed by atoms with van der Waals surface area (Å²) in [6.07, 6.45) is 0.920. The summed E-state index contributed by atoms with van der Waals surface area (Å²) in [5.74, 6) is 0.528. The molecule has 16 heavy (non-hydrogen) atoms. The first-order valence-corrected chi connectivity index (χ1v) is 5.99. The van der Waals surface area contributed by atoms with Gasteiger partial charge in [0.05, 0.1) is 6.54 Å². The van der Waals surface area contributed by atoms with Gasteiger partial charge in [0.15, 0.2) is 0 Å². The van der Waals surface area contributed by atoms with E-state index in [1.165, 1.54) is 0 Å².